The van der Waals surface area contributed by atoms with Gasteiger partial charge in [-0.2, -0.15) is 0 Å². The second-order valence-corrected chi connectivity index (χ2v) is 4.48. The molecule has 0 saturated carbocycles. The summed E-state index contributed by atoms with van der Waals surface area (Å²) in [7, 11) is 3.30. The molecule has 0 radical (unpaired) electrons. The average molecular weight is 280 g/mol. The molecule has 0 bridgehead atoms. The monoisotopic (exact) mass is 280 g/mol. The van der Waals surface area contributed by atoms with Gasteiger partial charge in [-0.1, -0.05) is 12.1 Å². The van der Waals surface area contributed by atoms with Gasteiger partial charge in [0.15, 0.2) is 0 Å². The van der Waals surface area contributed by atoms with Gasteiger partial charge < -0.3 is 20.1 Å². The van der Waals surface area contributed by atoms with Gasteiger partial charge in [0.2, 0.25) is 5.91 Å². The van der Waals surface area contributed by atoms with Crippen LogP contribution >= 0.6 is 0 Å². The topological polar surface area (TPSA) is 59.6 Å². The molecular weight excluding hydrogens is 256 g/mol. The fourth-order valence-corrected chi connectivity index (χ4v) is 1.82. The number of hydrogen-bond acceptors (Lipinski definition) is 4. The number of para-hydroxylation sites is 2. The molecule has 0 spiro atoms. The smallest absolute Gasteiger partial charge is 0.238 e. The number of unbranched alkanes of at least 4 members (excludes halogenated alkanes) is 2. The number of amides is 1. The standard InChI is InChI=1S/C15H24N2O3/c1-19-11-7-3-6-10-16-12-15(18)17-13-8-4-5-9-14(13)20-2/h4-5,8-9,16H,3,6-7,10-12H2,1-2H3,(H,17,18). The van der Waals surface area contributed by atoms with Crippen LogP contribution in [0.5, 0.6) is 5.75 Å². The second kappa shape index (κ2) is 10.2. The predicted molar refractivity (Wildman–Crippen MR) is 80.2 cm³/mol. The minimum Gasteiger partial charge on any atom is -0.495 e. The first-order valence-corrected chi connectivity index (χ1v) is 6.90. The van der Waals surface area contributed by atoms with Gasteiger partial charge in [-0.3, -0.25) is 4.79 Å². The molecule has 1 rings (SSSR count). The van der Waals surface area contributed by atoms with Gasteiger partial charge in [0.25, 0.3) is 0 Å². The number of ether oxygens (including phenoxy) is 2. The zero-order chi connectivity index (χ0) is 14.6. The fraction of sp³-hybridized carbons (Fsp3) is 0.533. The molecule has 0 fully saturated rings. The summed E-state index contributed by atoms with van der Waals surface area (Å²) in [5.41, 5.74) is 0.696. The number of carbonyl (C=O) groups excluding carboxylic acids is 1. The van der Waals surface area contributed by atoms with Crippen molar-refractivity contribution < 1.29 is 14.3 Å². The number of methoxy groups -OCH3 is 2. The summed E-state index contributed by atoms with van der Waals surface area (Å²) in [4.78, 5) is 11.8. The number of benzene rings is 1. The van der Waals surface area contributed by atoms with Gasteiger partial charge in [0.05, 0.1) is 19.3 Å². The van der Waals surface area contributed by atoms with Gasteiger partial charge in [0.1, 0.15) is 5.75 Å². The van der Waals surface area contributed by atoms with Crippen LogP contribution in [-0.4, -0.2) is 39.8 Å². The highest BCUT2D eigenvalue weighted by Crippen LogP contribution is 2.22. The van der Waals surface area contributed by atoms with E-state index in [-0.39, 0.29) is 5.91 Å². The lowest BCUT2D eigenvalue weighted by molar-refractivity contribution is -0.115. The summed E-state index contributed by atoms with van der Waals surface area (Å²) in [6, 6.07) is 7.37. The second-order valence-electron chi connectivity index (χ2n) is 4.48. The lowest BCUT2D eigenvalue weighted by Crippen LogP contribution is -2.28. The molecule has 2 N–H and O–H groups in total. The minimum atomic E-state index is -0.0635. The van der Waals surface area contributed by atoms with Crippen LogP contribution in [0.15, 0.2) is 24.3 Å². The first-order valence-electron chi connectivity index (χ1n) is 6.90. The summed E-state index contributed by atoms with van der Waals surface area (Å²) in [5.74, 6) is 0.604. The van der Waals surface area contributed by atoms with Crippen molar-refractivity contribution in [2.24, 2.45) is 0 Å². The van der Waals surface area contributed by atoms with E-state index >= 15 is 0 Å². The van der Waals surface area contributed by atoms with Crippen molar-refractivity contribution in [3.63, 3.8) is 0 Å². The van der Waals surface area contributed by atoms with Crippen LogP contribution in [0.4, 0.5) is 5.69 Å². The Labute approximate surface area is 120 Å². The highest BCUT2D eigenvalue weighted by molar-refractivity contribution is 5.93. The number of rotatable bonds is 10. The van der Waals surface area contributed by atoms with Gasteiger partial charge in [-0.05, 0) is 37.9 Å². The van der Waals surface area contributed by atoms with E-state index in [0.717, 1.165) is 32.4 Å². The van der Waals surface area contributed by atoms with Crippen LogP contribution in [0.2, 0.25) is 0 Å². The molecule has 0 aliphatic heterocycles. The predicted octanol–water partition coefficient (Wildman–Crippen LogP) is 2.04. The Morgan fingerprint density at radius 2 is 1.95 bits per heavy atom. The molecule has 20 heavy (non-hydrogen) atoms. The van der Waals surface area contributed by atoms with Gasteiger partial charge in [-0.15, -0.1) is 0 Å². The molecule has 0 aromatic heterocycles. The average Bonchev–Trinajstić information content (AvgIpc) is 2.47. The van der Waals surface area contributed by atoms with Gasteiger partial charge >= 0.3 is 0 Å². The largest absolute Gasteiger partial charge is 0.495 e. The van der Waals surface area contributed by atoms with Crippen LogP contribution in [0, 0.1) is 0 Å². The summed E-state index contributed by atoms with van der Waals surface area (Å²) >= 11 is 0. The summed E-state index contributed by atoms with van der Waals surface area (Å²) in [6.07, 6.45) is 3.21. The quantitative estimate of drug-likeness (QED) is 0.644. The summed E-state index contributed by atoms with van der Waals surface area (Å²) < 4.78 is 10.2. The molecule has 0 heterocycles. The number of hydrogen-bond donors (Lipinski definition) is 2. The maximum atomic E-state index is 11.8. The van der Waals surface area contributed by atoms with Crippen molar-refractivity contribution in [3.8, 4) is 5.75 Å². The lowest BCUT2D eigenvalue weighted by atomic mass is 10.2. The van der Waals surface area contributed by atoms with E-state index in [1.165, 1.54) is 0 Å². The molecule has 1 aromatic rings. The van der Waals surface area contributed by atoms with Crippen LogP contribution in [0.25, 0.3) is 0 Å². The molecule has 0 aliphatic rings. The third-order valence-corrected chi connectivity index (χ3v) is 2.87. The first kappa shape index (κ1) is 16.5. The third-order valence-electron chi connectivity index (χ3n) is 2.87. The van der Waals surface area contributed by atoms with E-state index < -0.39 is 0 Å². The molecule has 0 saturated heterocycles. The molecule has 0 aliphatic carbocycles. The molecule has 5 nitrogen and oxygen atoms in total. The molecule has 1 aromatic carbocycles. The van der Waals surface area contributed by atoms with Crippen molar-refractivity contribution in [2.75, 3.05) is 39.2 Å². The van der Waals surface area contributed by atoms with Crippen molar-refractivity contribution in [3.05, 3.63) is 24.3 Å². The minimum absolute atomic E-state index is 0.0635. The Morgan fingerprint density at radius 3 is 2.70 bits per heavy atom. The highest BCUT2D eigenvalue weighted by Gasteiger charge is 2.05. The van der Waals surface area contributed by atoms with Crippen molar-refractivity contribution in [1.82, 2.24) is 5.32 Å². The van der Waals surface area contributed by atoms with Crippen LogP contribution in [-0.2, 0) is 9.53 Å². The van der Waals surface area contributed by atoms with Crippen LogP contribution < -0.4 is 15.4 Å². The maximum absolute atomic E-state index is 11.8. The third kappa shape index (κ3) is 6.54. The Hall–Kier alpha value is -1.59. The lowest BCUT2D eigenvalue weighted by Gasteiger charge is -2.10. The molecular formula is C15H24N2O3. The Balaban J connectivity index is 2.17. The maximum Gasteiger partial charge on any atom is 0.238 e. The first-order chi connectivity index (χ1) is 9.77. The van der Waals surface area contributed by atoms with E-state index in [9.17, 15) is 4.79 Å². The Bertz CT molecular complexity index is 396. The fourth-order valence-electron chi connectivity index (χ4n) is 1.82. The van der Waals surface area contributed by atoms with E-state index in [4.69, 9.17) is 9.47 Å². The van der Waals surface area contributed by atoms with E-state index in [0.29, 0.717) is 18.0 Å². The Kier molecular flexibility index (Phi) is 8.42. The number of anilines is 1. The summed E-state index contributed by atoms with van der Waals surface area (Å²) in [5, 5.41) is 5.95. The molecule has 1 amide bonds. The van der Waals surface area contributed by atoms with Crippen molar-refractivity contribution in [1.29, 1.82) is 0 Å². The molecule has 0 unspecified atom stereocenters. The van der Waals surface area contributed by atoms with Crippen LogP contribution in [0.1, 0.15) is 19.3 Å². The SMILES string of the molecule is COCCCCCNCC(=O)Nc1ccccc1OC. The number of carbonyl (C=O) groups is 1. The van der Waals surface area contributed by atoms with Crippen molar-refractivity contribution in [2.45, 2.75) is 19.3 Å². The van der Waals surface area contributed by atoms with Gasteiger partial charge in [-0.25, -0.2) is 0 Å². The zero-order valence-electron chi connectivity index (χ0n) is 12.3. The highest BCUT2D eigenvalue weighted by atomic mass is 16.5. The number of nitrogens with one attached hydrogen (secondary N) is 2. The van der Waals surface area contributed by atoms with E-state index in [1.54, 1.807) is 14.2 Å². The summed E-state index contributed by atoms with van der Waals surface area (Å²) in [6.45, 7) is 1.94. The van der Waals surface area contributed by atoms with E-state index in [1.807, 2.05) is 24.3 Å². The molecule has 112 valence electrons. The molecule has 5 heteroatoms. The van der Waals surface area contributed by atoms with Gasteiger partial charge in [0, 0.05) is 13.7 Å². The molecule has 0 atom stereocenters. The Morgan fingerprint density at radius 1 is 1.15 bits per heavy atom. The van der Waals surface area contributed by atoms with Crippen molar-refractivity contribution >= 4 is 11.6 Å². The normalized spacial score (nSPS) is 10.3. The van der Waals surface area contributed by atoms with E-state index in [2.05, 4.69) is 10.6 Å². The van der Waals surface area contributed by atoms with Crippen LogP contribution in [0.3, 0.4) is 0 Å². The zero-order valence-corrected chi connectivity index (χ0v) is 12.3.